The van der Waals surface area contributed by atoms with Crippen LogP contribution in [0.15, 0.2) is 12.3 Å². The highest BCUT2D eigenvalue weighted by Gasteiger charge is 2.15. The summed E-state index contributed by atoms with van der Waals surface area (Å²) in [6, 6.07) is 1.67. The first-order valence-electron chi connectivity index (χ1n) is 6.14. The standard InChI is InChI=1S/C13H20N2O3/c1-4-15(5-2)8-9-18-12-11(13(16)17)10(3)6-7-14-12/h6-7H,4-5,8-9H2,1-3H3,(H,16,17). The maximum absolute atomic E-state index is 11.1. The van der Waals surface area contributed by atoms with Crippen molar-refractivity contribution in [2.45, 2.75) is 20.8 Å². The average Bonchev–Trinajstić information content (AvgIpc) is 2.34. The molecule has 1 rings (SSSR count). The van der Waals surface area contributed by atoms with E-state index in [9.17, 15) is 4.79 Å². The van der Waals surface area contributed by atoms with Crippen molar-refractivity contribution in [2.24, 2.45) is 0 Å². The Morgan fingerprint density at radius 2 is 2.11 bits per heavy atom. The molecule has 0 bridgehead atoms. The normalized spacial score (nSPS) is 10.7. The highest BCUT2D eigenvalue weighted by atomic mass is 16.5. The fraction of sp³-hybridized carbons (Fsp3) is 0.538. The minimum atomic E-state index is -1.00. The summed E-state index contributed by atoms with van der Waals surface area (Å²) in [5.74, 6) is -0.798. The third-order valence-corrected chi connectivity index (χ3v) is 2.88. The van der Waals surface area contributed by atoms with Crippen LogP contribution >= 0.6 is 0 Å². The van der Waals surface area contributed by atoms with E-state index in [0.717, 1.165) is 19.6 Å². The van der Waals surface area contributed by atoms with Gasteiger partial charge in [0, 0.05) is 12.7 Å². The molecular weight excluding hydrogens is 232 g/mol. The van der Waals surface area contributed by atoms with Crippen LogP contribution in [0.25, 0.3) is 0 Å². The maximum Gasteiger partial charge on any atom is 0.341 e. The molecule has 18 heavy (non-hydrogen) atoms. The molecule has 1 N–H and O–H groups in total. The Balaban J connectivity index is 2.67. The van der Waals surface area contributed by atoms with Crippen molar-refractivity contribution >= 4 is 5.97 Å². The molecule has 0 unspecified atom stereocenters. The Morgan fingerprint density at radius 3 is 2.67 bits per heavy atom. The first-order chi connectivity index (χ1) is 8.60. The fourth-order valence-corrected chi connectivity index (χ4v) is 1.71. The van der Waals surface area contributed by atoms with Crippen LogP contribution in [0, 0.1) is 6.92 Å². The summed E-state index contributed by atoms with van der Waals surface area (Å²) in [5.41, 5.74) is 0.812. The molecule has 1 aromatic heterocycles. The van der Waals surface area contributed by atoms with Crippen molar-refractivity contribution < 1.29 is 14.6 Å². The molecule has 0 aromatic carbocycles. The van der Waals surface area contributed by atoms with Crippen LogP contribution in [0.4, 0.5) is 0 Å². The Hall–Kier alpha value is -1.62. The van der Waals surface area contributed by atoms with Crippen molar-refractivity contribution in [3.05, 3.63) is 23.4 Å². The van der Waals surface area contributed by atoms with E-state index in [4.69, 9.17) is 9.84 Å². The topological polar surface area (TPSA) is 62.7 Å². The van der Waals surface area contributed by atoms with Crippen molar-refractivity contribution in [3.63, 3.8) is 0 Å². The molecule has 1 heterocycles. The van der Waals surface area contributed by atoms with Gasteiger partial charge in [0.05, 0.1) is 0 Å². The molecule has 0 atom stereocenters. The Kier molecular flexibility index (Phi) is 5.58. The number of pyridine rings is 1. The van der Waals surface area contributed by atoms with E-state index in [0.29, 0.717) is 12.2 Å². The first-order valence-corrected chi connectivity index (χ1v) is 6.14. The van der Waals surface area contributed by atoms with Crippen LogP contribution < -0.4 is 4.74 Å². The predicted octanol–water partition coefficient (Wildman–Crippen LogP) is 1.81. The van der Waals surface area contributed by atoms with Gasteiger partial charge in [0.1, 0.15) is 12.2 Å². The van der Waals surface area contributed by atoms with E-state index in [-0.39, 0.29) is 11.4 Å². The average molecular weight is 252 g/mol. The summed E-state index contributed by atoms with van der Waals surface area (Å²) in [5, 5.41) is 9.12. The van der Waals surface area contributed by atoms with Crippen molar-refractivity contribution in [1.82, 2.24) is 9.88 Å². The molecule has 0 saturated heterocycles. The number of rotatable bonds is 7. The number of carbonyl (C=O) groups is 1. The van der Waals surface area contributed by atoms with Crippen LogP contribution in [-0.4, -0.2) is 47.2 Å². The van der Waals surface area contributed by atoms with Gasteiger partial charge in [-0.3, -0.25) is 0 Å². The van der Waals surface area contributed by atoms with Gasteiger partial charge in [0.2, 0.25) is 5.88 Å². The molecule has 0 amide bonds. The second-order valence-electron chi connectivity index (χ2n) is 3.99. The zero-order valence-electron chi connectivity index (χ0n) is 11.1. The quantitative estimate of drug-likeness (QED) is 0.801. The molecule has 1 aromatic rings. The van der Waals surface area contributed by atoms with Gasteiger partial charge in [-0.1, -0.05) is 13.8 Å². The molecule has 0 aliphatic heterocycles. The van der Waals surface area contributed by atoms with Gasteiger partial charge in [-0.25, -0.2) is 9.78 Å². The number of aromatic nitrogens is 1. The number of carboxylic acids is 1. The summed E-state index contributed by atoms with van der Waals surface area (Å²) < 4.78 is 5.48. The summed E-state index contributed by atoms with van der Waals surface area (Å²) in [7, 11) is 0. The molecule has 0 saturated carbocycles. The fourth-order valence-electron chi connectivity index (χ4n) is 1.71. The molecular formula is C13H20N2O3. The summed E-state index contributed by atoms with van der Waals surface area (Å²) >= 11 is 0. The number of ether oxygens (including phenoxy) is 1. The Bertz CT molecular complexity index is 403. The van der Waals surface area contributed by atoms with Gasteiger partial charge in [0.15, 0.2) is 0 Å². The van der Waals surface area contributed by atoms with Crippen LogP contribution in [0.1, 0.15) is 29.8 Å². The van der Waals surface area contributed by atoms with Gasteiger partial charge in [-0.2, -0.15) is 0 Å². The molecule has 5 heteroatoms. The predicted molar refractivity (Wildman–Crippen MR) is 69.2 cm³/mol. The lowest BCUT2D eigenvalue weighted by atomic mass is 10.1. The SMILES string of the molecule is CCN(CC)CCOc1nccc(C)c1C(=O)O. The summed E-state index contributed by atoms with van der Waals surface area (Å²) in [4.78, 5) is 17.3. The maximum atomic E-state index is 11.1. The lowest BCUT2D eigenvalue weighted by Gasteiger charge is -2.18. The van der Waals surface area contributed by atoms with Crippen LogP contribution in [-0.2, 0) is 0 Å². The minimum absolute atomic E-state index is 0.150. The van der Waals surface area contributed by atoms with Crippen LogP contribution in [0.5, 0.6) is 5.88 Å². The van der Waals surface area contributed by atoms with Crippen LogP contribution in [0.3, 0.4) is 0 Å². The third kappa shape index (κ3) is 3.70. The zero-order valence-corrected chi connectivity index (χ0v) is 11.1. The van der Waals surface area contributed by atoms with Gasteiger partial charge < -0.3 is 14.7 Å². The number of aryl methyl sites for hydroxylation is 1. The number of likely N-dealkylation sites (N-methyl/N-ethyl adjacent to an activating group) is 1. The summed E-state index contributed by atoms with van der Waals surface area (Å²) in [6.45, 7) is 9.01. The third-order valence-electron chi connectivity index (χ3n) is 2.88. The number of hydrogen-bond acceptors (Lipinski definition) is 4. The summed E-state index contributed by atoms with van der Waals surface area (Å²) in [6.07, 6.45) is 1.56. The number of carboxylic acid groups (broad SMARTS) is 1. The largest absolute Gasteiger partial charge is 0.477 e. The van der Waals surface area contributed by atoms with Crippen molar-refractivity contribution in [1.29, 1.82) is 0 Å². The van der Waals surface area contributed by atoms with E-state index < -0.39 is 5.97 Å². The zero-order chi connectivity index (χ0) is 13.5. The van der Waals surface area contributed by atoms with Gasteiger partial charge in [-0.15, -0.1) is 0 Å². The Morgan fingerprint density at radius 1 is 1.44 bits per heavy atom. The first kappa shape index (κ1) is 14.4. The molecule has 0 aliphatic rings. The number of nitrogens with zero attached hydrogens (tertiary/aromatic N) is 2. The number of aromatic carboxylic acids is 1. The van der Waals surface area contributed by atoms with E-state index >= 15 is 0 Å². The highest BCUT2D eigenvalue weighted by molar-refractivity contribution is 5.91. The molecule has 0 spiro atoms. The van der Waals surface area contributed by atoms with Gasteiger partial charge in [-0.05, 0) is 31.6 Å². The molecule has 5 nitrogen and oxygen atoms in total. The van der Waals surface area contributed by atoms with Crippen molar-refractivity contribution in [3.8, 4) is 5.88 Å². The lowest BCUT2D eigenvalue weighted by molar-refractivity contribution is 0.0689. The monoisotopic (exact) mass is 252 g/mol. The Labute approximate surface area is 107 Å². The molecule has 0 aliphatic carbocycles. The molecule has 100 valence electrons. The second-order valence-corrected chi connectivity index (χ2v) is 3.99. The minimum Gasteiger partial charge on any atom is -0.477 e. The van der Waals surface area contributed by atoms with Gasteiger partial charge >= 0.3 is 5.97 Å². The van der Waals surface area contributed by atoms with E-state index in [1.165, 1.54) is 0 Å². The highest BCUT2D eigenvalue weighted by Crippen LogP contribution is 2.18. The lowest BCUT2D eigenvalue weighted by Crippen LogP contribution is -2.28. The smallest absolute Gasteiger partial charge is 0.341 e. The van der Waals surface area contributed by atoms with Gasteiger partial charge in [0.25, 0.3) is 0 Å². The van der Waals surface area contributed by atoms with E-state index in [1.54, 1.807) is 19.2 Å². The van der Waals surface area contributed by atoms with Crippen molar-refractivity contribution in [2.75, 3.05) is 26.2 Å². The molecule has 0 fully saturated rings. The van der Waals surface area contributed by atoms with E-state index in [2.05, 4.69) is 23.7 Å². The van der Waals surface area contributed by atoms with E-state index in [1.807, 2.05) is 0 Å². The molecule has 0 radical (unpaired) electrons. The second kappa shape index (κ2) is 6.96. The van der Waals surface area contributed by atoms with Crippen LogP contribution in [0.2, 0.25) is 0 Å². The number of hydrogen-bond donors (Lipinski definition) is 1.